The van der Waals surface area contributed by atoms with Gasteiger partial charge in [-0.25, -0.2) is 0 Å². The van der Waals surface area contributed by atoms with Crippen LogP contribution in [-0.2, 0) is 18.9 Å². The molecule has 1 saturated heterocycles. The Bertz CT molecular complexity index is 227. The maximum Gasteiger partial charge on any atom is 0.111 e. The van der Waals surface area contributed by atoms with Crippen molar-refractivity contribution < 1.29 is 24.1 Å². The minimum atomic E-state index is -0.714. The summed E-state index contributed by atoms with van der Waals surface area (Å²) < 4.78 is 21.6. The molecule has 0 aliphatic carbocycles. The fourth-order valence-electron chi connectivity index (χ4n) is 1.90. The monoisotopic (exact) mass is 258 g/mol. The van der Waals surface area contributed by atoms with Crippen LogP contribution in [0.5, 0.6) is 0 Å². The summed E-state index contributed by atoms with van der Waals surface area (Å²) in [5.41, 5.74) is 0. The van der Waals surface area contributed by atoms with Crippen LogP contribution >= 0.6 is 0 Å². The number of aliphatic hydroxyl groups is 1. The molecule has 4 atom stereocenters. The Hall–Kier alpha value is -0.135. The third-order valence-electron chi connectivity index (χ3n) is 2.86. The normalized spacial score (nSPS) is 32.3. The summed E-state index contributed by atoms with van der Waals surface area (Å²) in [6, 6.07) is 0. The summed E-state index contributed by atoms with van der Waals surface area (Å²) in [4.78, 5) is 0. The van der Waals surface area contributed by atoms with Crippen molar-refractivity contribution in [3.05, 3.63) is 0 Å². The molecule has 0 bridgehead atoms. The quantitative estimate of drug-likeness (QED) is 0.496. The van der Waals surface area contributed by atoms with Crippen molar-refractivity contribution in [2.75, 3.05) is 26.9 Å². The highest BCUT2D eigenvalue weighted by atomic mass is 16.6. The molecule has 2 radical (unpaired) electrons. The summed E-state index contributed by atoms with van der Waals surface area (Å²) >= 11 is 0. The molecule has 1 rings (SSSR count). The van der Waals surface area contributed by atoms with E-state index in [1.165, 1.54) is 0 Å². The molecule has 0 aromatic heterocycles. The Balaban J connectivity index is 2.44. The Morgan fingerprint density at radius 3 is 2.56 bits per heavy atom. The van der Waals surface area contributed by atoms with E-state index in [0.29, 0.717) is 26.1 Å². The van der Waals surface area contributed by atoms with Crippen molar-refractivity contribution in [2.24, 2.45) is 0 Å². The zero-order valence-electron chi connectivity index (χ0n) is 11.4. The molecule has 1 fully saturated rings. The Labute approximate surface area is 110 Å². The summed E-state index contributed by atoms with van der Waals surface area (Å²) in [5.74, 6) is 0. The first kappa shape index (κ1) is 15.9. The van der Waals surface area contributed by atoms with Crippen molar-refractivity contribution in [3.8, 4) is 0 Å². The second-order valence-corrected chi connectivity index (χ2v) is 4.65. The summed E-state index contributed by atoms with van der Waals surface area (Å²) in [6.07, 6.45) is -1.39. The van der Waals surface area contributed by atoms with Crippen molar-refractivity contribution in [3.63, 3.8) is 0 Å². The maximum absolute atomic E-state index is 10.1. The molecule has 1 N–H and O–H groups in total. The second kappa shape index (κ2) is 8.12. The molecule has 0 spiro atoms. The fourth-order valence-corrected chi connectivity index (χ4v) is 1.90. The highest BCUT2D eigenvalue weighted by Gasteiger charge is 2.43. The van der Waals surface area contributed by atoms with Crippen molar-refractivity contribution in [2.45, 2.75) is 50.7 Å². The molecule has 1 aliphatic rings. The van der Waals surface area contributed by atoms with Crippen molar-refractivity contribution >= 4 is 7.85 Å². The Morgan fingerprint density at radius 1 is 1.28 bits per heavy atom. The molecule has 0 amide bonds. The van der Waals surface area contributed by atoms with Gasteiger partial charge in [-0.15, -0.1) is 0 Å². The number of aliphatic hydroxyl groups excluding tert-OH is 1. The predicted octanol–water partition coefficient (Wildman–Crippen LogP) is 0.158. The molecule has 18 heavy (non-hydrogen) atoms. The molecule has 0 saturated carbocycles. The van der Waals surface area contributed by atoms with E-state index in [2.05, 4.69) is 0 Å². The summed E-state index contributed by atoms with van der Waals surface area (Å²) in [6.45, 7) is 5.12. The van der Waals surface area contributed by atoms with Crippen LogP contribution in [0, 0.1) is 0 Å². The van der Waals surface area contributed by atoms with E-state index in [1.54, 1.807) is 7.11 Å². The van der Waals surface area contributed by atoms with E-state index < -0.39 is 12.2 Å². The van der Waals surface area contributed by atoms with E-state index in [0.717, 1.165) is 0 Å². The first-order valence-electron chi connectivity index (χ1n) is 6.35. The van der Waals surface area contributed by atoms with Crippen LogP contribution in [0.15, 0.2) is 0 Å². The van der Waals surface area contributed by atoms with Crippen LogP contribution in [0.2, 0.25) is 6.32 Å². The van der Waals surface area contributed by atoms with Gasteiger partial charge in [0.15, 0.2) is 0 Å². The van der Waals surface area contributed by atoms with Gasteiger partial charge in [0.25, 0.3) is 0 Å². The highest BCUT2D eigenvalue weighted by molar-refractivity contribution is 6.08. The SMILES string of the molecule is [B]CC1OC(COC(C)C)C(O)C1OCCOC. The topological polar surface area (TPSA) is 57.2 Å². The van der Waals surface area contributed by atoms with E-state index in [9.17, 15) is 5.11 Å². The van der Waals surface area contributed by atoms with Crippen LogP contribution in [0.3, 0.4) is 0 Å². The van der Waals surface area contributed by atoms with Gasteiger partial charge in [-0.1, -0.05) is 6.32 Å². The summed E-state index contributed by atoms with van der Waals surface area (Å²) in [7, 11) is 7.22. The average Bonchev–Trinajstić information content (AvgIpc) is 2.64. The lowest BCUT2D eigenvalue weighted by Crippen LogP contribution is -2.37. The van der Waals surface area contributed by atoms with Crippen LogP contribution < -0.4 is 0 Å². The zero-order chi connectivity index (χ0) is 13.5. The van der Waals surface area contributed by atoms with Crippen LogP contribution in [0.4, 0.5) is 0 Å². The standard InChI is InChI=1S/C12H23BO5/c1-8(2)17-7-10-11(14)12(9(6-13)18-10)16-5-4-15-3/h8-12,14H,4-7H2,1-3H3. The zero-order valence-corrected chi connectivity index (χ0v) is 11.4. The van der Waals surface area contributed by atoms with Crippen LogP contribution in [0.25, 0.3) is 0 Å². The van der Waals surface area contributed by atoms with E-state index in [1.807, 2.05) is 13.8 Å². The second-order valence-electron chi connectivity index (χ2n) is 4.65. The van der Waals surface area contributed by atoms with E-state index >= 15 is 0 Å². The predicted molar refractivity (Wildman–Crippen MR) is 67.9 cm³/mol. The molecule has 4 unspecified atom stereocenters. The molecular weight excluding hydrogens is 235 g/mol. The van der Waals surface area contributed by atoms with E-state index in [-0.39, 0.29) is 18.3 Å². The smallest absolute Gasteiger partial charge is 0.111 e. The van der Waals surface area contributed by atoms with Crippen molar-refractivity contribution in [1.29, 1.82) is 0 Å². The van der Waals surface area contributed by atoms with Gasteiger partial charge >= 0.3 is 0 Å². The average molecular weight is 258 g/mol. The molecule has 1 heterocycles. The van der Waals surface area contributed by atoms with Crippen LogP contribution in [0.1, 0.15) is 13.8 Å². The van der Waals surface area contributed by atoms with Gasteiger partial charge in [-0.2, -0.15) is 0 Å². The Morgan fingerprint density at radius 2 is 2.00 bits per heavy atom. The summed E-state index contributed by atoms with van der Waals surface area (Å²) in [5, 5.41) is 10.1. The minimum absolute atomic E-state index is 0.102. The number of methoxy groups -OCH3 is 1. The number of ether oxygens (including phenoxy) is 4. The van der Waals surface area contributed by atoms with Gasteiger partial charge < -0.3 is 24.1 Å². The van der Waals surface area contributed by atoms with Gasteiger partial charge in [-0.3, -0.25) is 0 Å². The first-order chi connectivity index (χ1) is 8.60. The van der Waals surface area contributed by atoms with Gasteiger partial charge in [-0.05, 0) is 13.8 Å². The molecular formula is C12H23BO5. The highest BCUT2D eigenvalue weighted by Crippen LogP contribution is 2.26. The van der Waals surface area contributed by atoms with Crippen molar-refractivity contribution in [1.82, 2.24) is 0 Å². The Kier molecular flexibility index (Phi) is 7.18. The molecule has 1 aliphatic heterocycles. The first-order valence-corrected chi connectivity index (χ1v) is 6.35. The third kappa shape index (κ3) is 4.51. The number of hydrogen-bond donors (Lipinski definition) is 1. The van der Waals surface area contributed by atoms with Gasteiger partial charge in [0.1, 0.15) is 18.3 Å². The molecule has 0 aromatic carbocycles. The fraction of sp³-hybridized carbons (Fsp3) is 1.00. The largest absolute Gasteiger partial charge is 0.387 e. The van der Waals surface area contributed by atoms with Gasteiger partial charge in [0.05, 0.1) is 39.9 Å². The van der Waals surface area contributed by atoms with Crippen LogP contribution in [-0.4, -0.2) is 70.4 Å². The van der Waals surface area contributed by atoms with E-state index in [4.69, 9.17) is 26.8 Å². The minimum Gasteiger partial charge on any atom is -0.387 e. The number of hydrogen-bond acceptors (Lipinski definition) is 5. The molecule has 104 valence electrons. The lowest BCUT2D eigenvalue weighted by molar-refractivity contribution is -0.0572. The number of rotatable bonds is 8. The lowest BCUT2D eigenvalue weighted by Gasteiger charge is -2.20. The van der Waals surface area contributed by atoms with Gasteiger partial charge in [0.2, 0.25) is 0 Å². The molecule has 5 nitrogen and oxygen atoms in total. The lowest BCUT2D eigenvalue weighted by atomic mass is 9.94. The molecule has 0 aromatic rings. The van der Waals surface area contributed by atoms with Gasteiger partial charge in [0, 0.05) is 7.11 Å². The third-order valence-corrected chi connectivity index (χ3v) is 2.86. The molecule has 6 heteroatoms. The maximum atomic E-state index is 10.1.